The number of ether oxygens (including phenoxy) is 1. The zero-order chi connectivity index (χ0) is 14.7. The molecule has 0 saturated carbocycles. The van der Waals surface area contributed by atoms with Crippen LogP contribution < -0.4 is 0 Å². The zero-order valence-electron chi connectivity index (χ0n) is 11.5. The third kappa shape index (κ3) is 3.11. The highest BCUT2D eigenvalue weighted by atomic mass is 32.1. The minimum absolute atomic E-state index is 0.210. The lowest BCUT2D eigenvalue weighted by molar-refractivity contribution is 0.0322. The van der Waals surface area contributed by atoms with Crippen molar-refractivity contribution >= 4 is 23.1 Å². The van der Waals surface area contributed by atoms with E-state index in [4.69, 9.17) is 4.74 Å². The molecule has 0 radical (unpaired) electrons. The van der Waals surface area contributed by atoms with E-state index >= 15 is 0 Å². The van der Waals surface area contributed by atoms with Gasteiger partial charge in [-0.25, -0.2) is 9.78 Å². The molecule has 0 N–H and O–H groups in total. The number of nitrogens with zero attached hydrogens (tertiary/aromatic N) is 1. The molecule has 0 spiro atoms. The van der Waals surface area contributed by atoms with Crippen LogP contribution in [0.4, 0.5) is 0 Å². The molecule has 1 heterocycles. The van der Waals surface area contributed by atoms with Gasteiger partial charge in [0.2, 0.25) is 5.78 Å². The summed E-state index contributed by atoms with van der Waals surface area (Å²) in [6, 6.07) is 8.79. The summed E-state index contributed by atoms with van der Waals surface area (Å²) in [5.41, 5.74) is 1.17. The lowest BCUT2D eigenvalue weighted by Crippen LogP contribution is -2.24. The van der Waals surface area contributed by atoms with E-state index in [1.54, 1.807) is 38.1 Å². The molecule has 1 atom stereocenters. The van der Waals surface area contributed by atoms with Crippen LogP contribution in [0.25, 0.3) is 0 Å². The fraction of sp³-hybridized carbons (Fsp3) is 0.267. The molecule has 20 heavy (non-hydrogen) atoms. The maximum atomic E-state index is 12.1. The summed E-state index contributed by atoms with van der Waals surface area (Å²) in [5, 5.41) is 0.802. The SMILES string of the molecule is Cc1nc(C)c(C(=O)O[C@H](C)C(=O)c2ccccc2)s1. The Balaban J connectivity index is 2.08. The highest BCUT2D eigenvalue weighted by Gasteiger charge is 2.22. The van der Waals surface area contributed by atoms with Crippen LogP contribution >= 0.6 is 11.3 Å². The summed E-state index contributed by atoms with van der Waals surface area (Å²) in [4.78, 5) is 28.8. The second kappa shape index (κ2) is 5.96. The van der Waals surface area contributed by atoms with Crippen molar-refractivity contribution in [3.8, 4) is 0 Å². The molecule has 5 heteroatoms. The van der Waals surface area contributed by atoms with E-state index in [9.17, 15) is 9.59 Å². The van der Waals surface area contributed by atoms with Gasteiger partial charge >= 0.3 is 5.97 Å². The maximum Gasteiger partial charge on any atom is 0.350 e. The quantitative estimate of drug-likeness (QED) is 0.640. The normalized spacial score (nSPS) is 11.9. The molecule has 0 amide bonds. The van der Waals surface area contributed by atoms with E-state index in [2.05, 4.69) is 4.98 Å². The van der Waals surface area contributed by atoms with Gasteiger partial charge in [0.25, 0.3) is 0 Å². The fourth-order valence-corrected chi connectivity index (χ4v) is 2.63. The van der Waals surface area contributed by atoms with Crippen molar-refractivity contribution in [2.45, 2.75) is 26.9 Å². The molecule has 1 aromatic carbocycles. The van der Waals surface area contributed by atoms with Crippen molar-refractivity contribution in [3.63, 3.8) is 0 Å². The lowest BCUT2D eigenvalue weighted by Gasteiger charge is -2.11. The van der Waals surface area contributed by atoms with E-state index in [-0.39, 0.29) is 5.78 Å². The molecule has 1 aromatic heterocycles. The average Bonchev–Trinajstić information content (AvgIpc) is 2.78. The highest BCUT2D eigenvalue weighted by Crippen LogP contribution is 2.19. The fourth-order valence-electron chi connectivity index (χ4n) is 1.83. The number of carbonyl (C=O) groups excluding carboxylic acids is 2. The number of benzene rings is 1. The molecule has 0 fully saturated rings. The average molecular weight is 289 g/mol. The summed E-state index contributed by atoms with van der Waals surface area (Å²) < 4.78 is 5.23. The first kappa shape index (κ1) is 14.4. The minimum Gasteiger partial charge on any atom is -0.450 e. The number of esters is 1. The van der Waals surface area contributed by atoms with Gasteiger partial charge in [0, 0.05) is 5.56 Å². The monoisotopic (exact) mass is 289 g/mol. The van der Waals surface area contributed by atoms with E-state index in [1.165, 1.54) is 11.3 Å². The van der Waals surface area contributed by atoms with Gasteiger partial charge in [0.05, 0.1) is 10.7 Å². The standard InChI is InChI=1S/C15H15NO3S/c1-9-14(20-11(3)16-9)15(18)19-10(2)13(17)12-7-5-4-6-8-12/h4-8,10H,1-3H3/t10-/m1/s1. The highest BCUT2D eigenvalue weighted by molar-refractivity contribution is 7.13. The van der Waals surface area contributed by atoms with Gasteiger partial charge in [0.15, 0.2) is 6.10 Å². The van der Waals surface area contributed by atoms with Gasteiger partial charge in [-0.3, -0.25) is 4.79 Å². The predicted octanol–water partition coefficient (Wildman–Crippen LogP) is 3.19. The summed E-state index contributed by atoms with van der Waals surface area (Å²) in [6.07, 6.45) is -0.813. The van der Waals surface area contributed by atoms with Crippen molar-refractivity contribution < 1.29 is 14.3 Å². The number of hydrogen-bond acceptors (Lipinski definition) is 5. The first-order valence-corrected chi connectivity index (χ1v) is 7.05. The van der Waals surface area contributed by atoms with Crippen LogP contribution in [0.3, 0.4) is 0 Å². The zero-order valence-corrected chi connectivity index (χ0v) is 12.4. The summed E-state index contributed by atoms with van der Waals surface area (Å²) >= 11 is 1.28. The number of carbonyl (C=O) groups is 2. The molecule has 104 valence electrons. The first-order valence-electron chi connectivity index (χ1n) is 6.23. The van der Waals surface area contributed by atoms with Crippen LogP contribution in [0.15, 0.2) is 30.3 Å². The molecule has 0 saturated heterocycles. The Kier molecular flexibility index (Phi) is 4.29. The summed E-state index contributed by atoms with van der Waals surface area (Å²) in [7, 11) is 0. The van der Waals surface area contributed by atoms with Crippen LogP contribution in [0.2, 0.25) is 0 Å². The molecule has 0 aliphatic rings. The van der Waals surface area contributed by atoms with Gasteiger partial charge in [-0.2, -0.15) is 0 Å². The number of Topliss-reactive ketones (excluding diaryl/α,β-unsaturated/α-hetero) is 1. The van der Waals surface area contributed by atoms with Crippen LogP contribution in [0, 0.1) is 13.8 Å². The number of aromatic nitrogens is 1. The van der Waals surface area contributed by atoms with Crippen LogP contribution in [-0.2, 0) is 4.74 Å². The Morgan fingerprint density at radius 2 is 1.85 bits per heavy atom. The van der Waals surface area contributed by atoms with Gasteiger partial charge < -0.3 is 4.74 Å². The predicted molar refractivity (Wildman–Crippen MR) is 77.2 cm³/mol. The second-order valence-electron chi connectivity index (χ2n) is 4.43. The van der Waals surface area contributed by atoms with Gasteiger partial charge in [-0.1, -0.05) is 30.3 Å². The number of thiazole rings is 1. The van der Waals surface area contributed by atoms with Gasteiger partial charge in [0.1, 0.15) is 4.88 Å². The van der Waals surface area contributed by atoms with E-state index in [0.717, 1.165) is 5.01 Å². The molecular formula is C15H15NO3S. The topological polar surface area (TPSA) is 56.3 Å². The third-order valence-corrected chi connectivity index (χ3v) is 3.85. The van der Waals surface area contributed by atoms with Crippen LogP contribution in [0.1, 0.15) is 37.7 Å². The molecule has 0 aliphatic heterocycles. The van der Waals surface area contributed by atoms with Gasteiger partial charge in [-0.15, -0.1) is 11.3 Å². The summed E-state index contributed by atoms with van der Waals surface area (Å²) in [6.45, 7) is 5.16. The third-order valence-electron chi connectivity index (χ3n) is 2.80. The Labute approximate surface area is 121 Å². The smallest absolute Gasteiger partial charge is 0.350 e. The van der Waals surface area contributed by atoms with E-state index in [0.29, 0.717) is 16.1 Å². The number of ketones is 1. The molecule has 4 nitrogen and oxygen atoms in total. The van der Waals surface area contributed by atoms with Crippen molar-refractivity contribution in [1.29, 1.82) is 0 Å². The van der Waals surface area contributed by atoms with E-state index in [1.807, 2.05) is 13.0 Å². The van der Waals surface area contributed by atoms with Gasteiger partial charge in [-0.05, 0) is 20.8 Å². The van der Waals surface area contributed by atoms with Crippen LogP contribution in [-0.4, -0.2) is 22.8 Å². The largest absolute Gasteiger partial charge is 0.450 e. The van der Waals surface area contributed by atoms with E-state index < -0.39 is 12.1 Å². The Morgan fingerprint density at radius 3 is 2.40 bits per heavy atom. The van der Waals surface area contributed by atoms with Crippen molar-refractivity contribution in [1.82, 2.24) is 4.98 Å². The Morgan fingerprint density at radius 1 is 1.20 bits per heavy atom. The molecule has 0 unspecified atom stereocenters. The molecular weight excluding hydrogens is 274 g/mol. The molecule has 2 aromatic rings. The Bertz CT molecular complexity index is 634. The van der Waals surface area contributed by atoms with Crippen molar-refractivity contribution in [2.75, 3.05) is 0 Å². The van der Waals surface area contributed by atoms with Crippen molar-refractivity contribution in [2.24, 2.45) is 0 Å². The molecule has 2 rings (SSSR count). The molecule has 0 aliphatic carbocycles. The maximum absolute atomic E-state index is 12.1. The summed E-state index contributed by atoms with van der Waals surface area (Å²) in [5.74, 6) is -0.706. The number of hydrogen-bond donors (Lipinski definition) is 0. The van der Waals surface area contributed by atoms with Crippen molar-refractivity contribution in [3.05, 3.63) is 51.5 Å². The first-order chi connectivity index (χ1) is 9.49. The Hall–Kier alpha value is -2.01. The lowest BCUT2D eigenvalue weighted by atomic mass is 10.1. The second-order valence-corrected chi connectivity index (χ2v) is 5.63. The number of aryl methyl sites for hydroxylation is 2. The molecule has 0 bridgehead atoms. The number of rotatable bonds is 4. The minimum atomic E-state index is -0.813. The van der Waals surface area contributed by atoms with Crippen LogP contribution in [0.5, 0.6) is 0 Å².